The van der Waals surface area contributed by atoms with E-state index < -0.39 is 0 Å². The molecule has 0 aliphatic rings. The molecule has 1 amide bonds. The molecule has 146 valence electrons. The van der Waals surface area contributed by atoms with Gasteiger partial charge in [-0.15, -0.1) is 11.3 Å². The average molecular weight is 415 g/mol. The highest BCUT2D eigenvalue weighted by Gasteiger charge is 2.09. The van der Waals surface area contributed by atoms with Crippen molar-refractivity contribution in [3.63, 3.8) is 0 Å². The number of thiazole rings is 1. The summed E-state index contributed by atoms with van der Waals surface area (Å²) in [6, 6.07) is 13.8. The predicted octanol–water partition coefficient (Wildman–Crippen LogP) is 4.74. The summed E-state index contributed by atoms with van der Waals surface area (Å²) in [5.41, 5.74) is 4.10. The number of carbonyl (C=O) groups excluding carboxylic acids is 1. The molecule has 0 unspecified atom stereocenters. The van der Waals surface area contributed by atoms with Gasteiger partial charge in [0.15, 0.2) is 0 Å². The van der Waals surface area contributed by atoms with Crippen LogP contribution in [0.4, 0.5) is 0 Å². The van der Waals surface area contributed by atoms with E-state index in [-0.39, 0.29) is 12.3 Å². The largest absolute Gasteiger partial charge is 0.491 e. The van der Waals surface area contributed by atoms with E-state index in [1.54, 1.807) is 11.3 Å². The quantitative estimate of drug-likeness (QED) is 0.541. The number of aromatic nitrogens is 1. The van der Waals surface area contributed by atoms with E-state index in [9.17, 15) is 4.79 Å². The zero-order chi connectivity index (χ0) is 19.9. The topological polar surface area (TPSA) is 51.2 Å². The first-order valence-corrected chi connectivity index (χ1v) is 10.4. The normalized spacial score (nSPS) is 10.7. The van der Waals surface area contributed by atoms with Crippen LogP contribution in [0.5, 0.6) is 5.75 Å². The van der Waals surface area contributed by atoms with Crippen molar-refractivity contribution in [1.29, 1.82) is 0 Å². The molecular formula is C22H23ClN2O2S. The molecule has 0 fully saturated rings. The maximum absolute atomic E-state index is 12.2. The Kier molecular flexibility index (Phi) is 7.06. The van der Waals surface area contributed by atoms with Gasteiger partial charge in [0.25, 0.3) is 0 Å². The first kappa shape index (κ1) is 20.4. The zero-order valence-corrected chi connectivity index (χ0v) is 17.6. The minimum Gasteiger partial charge on any atom is -0.491 e. The van der Waals surface area contributed by atoms with E-state index in [0.717, 1.165) is 44.6 Å². The van der Waals surface area contributed by atoms with Crippen LogP contribution in [0.3, 0.4) is 0 Å². The third kappa shape index (κ3) is 5.81. The van der Waals surface area contributed by atoms with Gasteiger partial charge in [0.2, 0.25) is 5.91 Å². The summed E-state index contributed by atoms with van der Waals surface area (Å²) in [5, 5.41) is 6.52. The molecule has 4 nitrogen and oxygen atoms in total. The number of hydrogen-bond acceptors (Lipinski definition) is 4. The predicted molar refractivity (Wildman–Crippen MR) is 114 cm³/mol. The molecule has 2 aromatic carbocycles. The molecule has 0 saturated carbocycles. The Hall–Kier alpha value is -2.37. The van der Waals surface area contributed by atoms with Gasteiger partial charge >= 0.3 is 0 Å². The maximum Gasteiger partial charge on any atom is 0.226 e. The second kappa shape index (κ2) is 9.71. The van der Waals surface area contributed by atoms with Crippen LogP contribution in [0.15, 0.2) is 47.8 Å². The molecule has 3 aromatic rings. The van der Waals surface area contributed by atoms with Crippen molar-refractivity contribution >= 4 is 28.8 Å². The van der Waals surface area contributed by atoms with E-state index >= 15 is 0 Å². The first-order chi connectivity index (χ1) is 13.5. The van der Waals surface area contributed by atoms with Crippen LogP contribution >= 0.6 is 22.9 Å². The number of hydrogen-bond donors (Lipinski definition) is 1. The van der Waals surface area contributed by atoms with Crippen molar-refractivity contribution in [3.8, 4) is 5.75 Å². The highest BCUT2D eigenvalue weighted by Crippen LogP contribution is 2.22. The fourth-order valence-electron chi connectivity index (χ4n) is 2.93. The van der Waals surface area contributed by atoms with Gasteiger partial charge in [0.1, 0.15) is 12.4 Å². The Labute approximate surface area is 174 Å². The molecule has 0 atom stereocenters. The molecular weight excluding hydrogens is 392 g/mol. The van der Waals surface area contributed by atoms with Gasteiger partial charge in [-0.2, -0.15) is 0 Å². The summed E-state index contributed by atoms with van der Waals surface area (Å²) in [6.07, 6.45) is 0.992. The van der Waals surface area contributed by atoms with Crippen molar-refractivity contribution in [2.24, 2.45) is 0 Å². The molecule has 0 radical (unpaired) electrons. The Balaban J connectivity index is 1.43. The molecule has 3 rings (SSSR count). The van der Waals surface area contributed by atoms with Crippen LogP contribution in [0.25, 0.3) is 0 Å². The van der Waals surface area contributed by atoms with Gasteiger partial charge in [-0.1, -0.05) is 41.9 Å². The van der Waals surface area contributed by atoms with Gasteiger partial charge in [0.05, 0.1) is 23.7 Å². The number of rotatable bonds is 8. The second-order valence-corrected chi connectivity index (χ2v) is 8.01. The van der Waals surface area contributed by atoms with Crippen LogP contribution in [-0.2, 0) is 17.6 Å². The summed E-state index contributed by atoms with van der Waals surface area (Å²) in [4.78, 5) is 16.7. The van der Waals surface area contributed by atoms with Gasteiger partial charge in [-0.25, -0.2) is 4.98 Å². The number of nitrogens with one attached hydrogen (secondary N) is 1. The molecule has 0 aliphatic heterocycles. The van der Waals surface area contributed by atoms with Gasteiger partial charge in [0, 0.05) is 16.8 Å². The van der Waals surface area contributed by atoms with E-state index in [4.69, 9.17) is 16.3 Å². The molecule has 0 spiro atoms. The SMILES string of the molecule is Cc1cccc(C)c1OCCNC(=O)Cc1csc(Cc2cccc(Cl)c2)n1. The number of amides is 1. The fraction of sp³-hybridized carbons (Fsp3) is 0.273. The van der Waals surface area contributed by atoms with Gasteiger partial charge in [-0.3, -0.25) is 4.79 Å². The summed E-state index contributed by atoms with van der Waals surface area (Å²) in [6.45, 7) is 4.94. The summed E-state index contributed by atoms with van der Waals surface area (Å²) in [5.74, 6) is 0.839. The van der Waals surface area contributed by atoms with Crippen molar-refractivity contribution in [2.75, 3.05) is 13.2 Å². The fourth-order valence-corrected chi connectivity index (χ4v) is 3.97. The Morgan fingerprint density at radius 2 is 1.93 bits per heavy atom. The molecule has 0 saturated heterocycles. The third-order valence-electron chi connectivity index (χ3n) is 4.26. The molecule has 0 bridgehead atoms. The number of nitrogens with zero attached hydrogens (tertiary/aromatic N) is 1. The van der Waals surface area contributed by atoms with Crippen molar-refractivity contribution in [1.82, 2.24) is 10.3 Å². The lowest BCUT2D eigenvalue weighted by molar-refractivity contribution is -0.120. The van der Waals surface area contributed by atoms with Crippen LogP contribution in [0, 0.1) is 13.8 Å². The first-order valence-electron chi connectivity index (χ1n) is 9.14. The zero-order valence-electron chi connectivity index (χ0n) is 16.0. The van der Waals surface area contributed by atoms with Crippen molar-refractivity contribution in [2.45, 2.75) is 26.7 Å². The number of halogens is 1. The molecule has 0 aliphatic carbocycles. The Bertz CT molecular complexity index is 935. The van der Waals surface area contributed by atoms with E-state index in [1.165, 1.54) is 0 Å². The molecule has 1 aromatic heterocycles. The van der Waals surface area contributed by atoms with Crippen LogP contribution in [0.2, 0.25) is 5.02 Å². The minimum atomic E-state index is -0.0512. The third-order valence-corrected chi connectivity index (χ3v) is 5.40. The number of ether oxygens (including phenoxy) is 1. The summed E-state index contributed by atoms with van der Waals surface area (Å²) < 4.78 is 5.81. The van der Waals surface area contributed by atoms with Crippen LogP contribution in [0.1, 0.15) is 27.4 Å². The van der Waals surface area contributed by atoms with Crippen molar-refractivity contribution in [3.05, 3.63) is 80.3 Å². The van der Waals surface area contributed by atoms with Crippen LogP contribution in [-0.4, -0.2) is 24.0 Å². The maximum atomic E-state index is 12.2. The van der Waals surface area contributed by atoms with Gasteiger partial charge < -0.3 is 10.1 Å². The van der Waals surface area contributed by atoms with E-state index in [0.29, 0.717) is 13.2 Å². The summed E-state index contributed by atoms with van der Waals surface area (Å²) in [7, 11) is 0. The Morgan fingerprint density at radius 3 is 2.68 bits per heavy atom. The molecule has 28 heavy (non-hydrogen) atoms. The lowest BCUT2D eigenvalue weighted by Crippen LogP contribution is -2.29. The monoisotopic (exact) mass is 414 g/mol. The average Bonchev–Trinajstić information content (AvgIpc) is 3.07. The number of para-hydroxylation sites is 1. The minimum absolute atomic E-state index is 0.0512. The number of aryl methyl sites for hydroxylation is 2. The summed E-state index contributed by atoms with van der Waals surface area (Å²) >= 11 is 7.58. The van der Waals surface area contributed by atoms with Crippen LogP contribution < -0.4 is 10.1 Å². The molecule has 6 heteroatoms. The standard InChI is InChI=1S/C22H23ClN2O2S/c1-15-5-3-6-16(2)22(15)27-10-9-24-20(26)13-19-14-28-21(25-19)12-17-7-4-8-18(23)11-17/h3-8,11,14H,9-10,12-13H2,1-2H3,(H,24,26). The highest BCUT2D eigenvalue weighted by atomic mass is 35.5. The Morgan fingerprint density at radius 1 is 1.18 bits per heavy atom. The number of carbonyl (C=O) groups is 1. The smallest absolute Gasteiger partial charge is 0.226 e. The number of benzene rings is 2. The van der Waals surface area contributed by atoms with E-state index in [1.807, 2.05) is 61.7 Å². The molecule has 1 heterocycles. The van der Waals surface area contributed by atoms with E-state index in [2.05, 4.69) is 10.3 Å². The van der Waals surface area contributed by atoms with Crippen molar-refractivity contribution < 1.29 is 9.53 Å². The van der Waals surface area contributed by atoms with Gasteiger partial charge in [-0.05, 0) is 42.7 Å². The second-order valence-electron chi connectivity index (χ2n) is 6.64. The lowest BCUT2D eigenvalue weighted by atomic mass is 10.1. The molecule has 1 N–H and O–H groups in total. The lowest BCUT2D eigenvalue weighted by Gasteiger charge is -2.12. The highest BCUT2D eigenvalue weighted by molar-refractivity contribution is 7.09.